The van der Waals surface area contributed by atoms with Crippen LogP contribution in [0.3, 0.4) is 0 Å². The average molecular weight is 363 g/mol. The summed E-state index contributed by atoms with van der Waals surface area (Å²) in [6.45, 7) is 6.79. The standard InChI is InChI=1S/C19H29N3O4/c1-16(23)22(9-7-17-3-5-18(25-2)6-4-17)15-19(24)20-8-10-21-11-13-26-14-12-21/h3-6H,7-15H2,1-2H3,(H,20,24). The van der Waals surface area contributed by atoms with Gasteiger partial charge in [0.2, 0.25) is 11.8 Å². The summed E-state index contributed by atoms with van der Waals surface area (Å²) in [6.07, 6.45) is 0.699. The van der Waals surface area contributed by atoms with E-state index in [1.54, 1.807) is 12.0 Å². The Bertz CT molecular complexity index is 571. The number of carbonyl (C=O) groups is 2. The molecular formula is C19H29N3O4. The van der Waals surface area contributed by atoms with E-state index in [0.29, 0.717) is 19.5 Å². The van der Waals surface area contributed by atoms with E-state index in [9.17, 15) is 9.59 Å². The van der Waals surface area contributed by atoms with Gasteiger partial charge in [-0.05, 0) is 24.1 Å². The van der Waals surface area contributed by atoms with Gasteiger partial charge in [-0.15, -0.1) is 0 Å². The van der Waals surface area contributed by atoms with Gasteiger partial charge >= 0.3 is 0 Å². The lowest BCUT2D eigenvalue weighted by atomic mass is 10.1. The predicted octanol–water partition coefficient (Wildman–Crippen LogP) is 0.535. The van der Waals surface area contributed by atoms with Crippen LogP contribution in [-0.4, -0.2) is 81.2 Å². The van der Waals surface area contributed by atoms with Gasteiger partial charge in [0.15, 0.2) is 0 Å². The van der Waals surface area contributed by atoms with E-state index in [1.165, 1.54) is 6.92 Å². The van der Waals surface area contributed by atoms with E-state index in [-0.39, 0.29) is 18.4 Å². The van der Waals surface area contributed by atoms with Crippen LogP contribution in [0.2, 0.25) is 0 Å². The normalized spacial score (nSPS) is 14.7. The molecule has 2 rings (SSSR count). The first-order chi connectivity index (χ1) is 12.6. The number of hydrogen-bond acceptors (Lipinski definition) is 5. The minimum atomic E-state index is -0.122. The zero-order valence-electron chi connectivity index (χ0n) is 15.7. The molecule has 0 aromatic heterocycles. The first-order valence-corrected chi connectivity index (χ1v) is 9.03. The summed E-state index contributed by atoms with van der Waals surface area (Å²) in [5.74, 6) is 0.585. The number of amides is 2. The van der Waals surface area contributed by atoms with Crippen LogP contribution in [0.4, 0.5) is 0 Å². The molecule has 0 unspecified atom stereocenters. The lowest BCUT2D eigenvalue weighted by Gasteiger charge is -2.26. The van der Waals surface area contributed by atoms with Crippen molar-refractivity contribution in [3.63, 3.8) is 0 Å². The Kier molecular flexibility index (Phi) is 8.37. The summed E-state index contributed by atoms with van der Waals surface area (Å²) in [6, 6.07) is 7.73. The van der Waals surface area contributed by atoms with Crippen molar-refractivity contribution in [2.75, 3.05) is 59.6 Å². The van der Waals surface area contributed by atoms with Gasteiger partial charge in [0.25, 0.3) is 0 Å². The molecule has 26 heavy (non-hydrogen) atoms. The summed E-state index contributed by atoms with van der Waals surface area (Å²) in [4.78, 5) is 27.8. The van der Waals surface area contributed by atoms with E-state index in [1.807, 2.05) is 24.3 Å². The van der Waals surface area contributed by atoms with Gasteiger partial charge in [-0.25, -0.2) is 0 Å². The van der Waals surface area contributed by atoms with E-state index in [2.05, 4.69) is 10.2 Å². The maximum atomic E-state index is 12.1. The van der Waals surface area contributed by atoms with Crippen LogP contribution in [0.5, 0.6) is 5.75 Å². The highest BCUT2D eigenvalue weighted by Gasteiger charge is 2.14. The SMILES string of the molecule is COc1ccc(CCN(CC(=O)NCCN2CCOCC2)C(C)=O)cc1. The third-order valence-electron chi connectivity index (χ3n) is 4.46. The molecule has 0 spiro atoms. The first kappa shape index (κ1) is 20.2. The maximum Gasteiger partial charge on any atom is 0.239 e. The Morgan fingerprint density at radius 2 is 1.92 bits per heavy atom. The van der Waals surface area contributed by atoms with Crippen molar-refractivity contribution >= 4 is 11.8 Å². The molecule has 1 heterocycles. The predicted molar refractivity (Wildman–Crippen MR) is 99.2 cm³/mol. The summed E-state index contributed by atoms with van der Waals surface area (Å²) >= 11 is 0. The third kappa shape index (κ3) is 7.01. The smallest absolute Gasteiger partial charge is 0.239 e. The number of ether oxygens (including phenoxy) is 2. The highest BCUT2D eigenvalue weighted by Crippen LogP contribution is 2.12. The fraction of sp³-hybridized carbons (Fsp3) is 0.579. The van der Waals surface area contributed by atoms with Gasteiger partial charge < -0.3 is 19.7 Å². The first-order valence-electron chi connectivity index (χ1n) is 9.03. The molecular weight excluding hydrogens is 334 g/mol. The van der Waals surface area contributed by atoms with Crippen molar-refractivity contribution in [2.45, 2.75) is 13.3 Å². The molecule has 1 aromatic rings. The molecule has 144 valence electrons. The molecule has 0 bridgehead atoms. The quantitative estimate of drug-likeness (QED) is 0.693. The molecule has 1 aliphatic heterocycles. The monoisotopic (exact) mass is 363 g/mol. The third-order valence-corrected chi connectivity index (χ3v) is 4.46. The van der Waals surface area contributed by atoms with Crippen LogP contribution in [0.15, 0.2) is 24.3 Å². The Balaban J connectivity index is 1.71. The Labute approximate surface area is 155 Å². The molecule has 2 amide bonds. The van der Waals surface area contributed by atoms with Crippen LogP contribution >= 0.6 is 0 Å². The number of benzene rings is 1. The molecule has 1 saturated heterocycles. The van der Waals surface area contributed by atoms with Crippen LogP contribution in [-0.2, 0) is 20.7 Å². The molecule has 7 heteroatoms. The average Bonchev–Trinajstić information content (AvgIpc) is 2.66. The number of methoxy groups -OCH3 is 1. The lowest BCUT2D eigenvalue weighted by Crippen LogP contribution is -2.44. The molecule has 0 aliphatic carbocycles. The second-order valence-corrected chi connectivity index (χ2v) is 6.34. The number of nitrogens with one attached hydrogen (secondary N) is 1. The van der Waals surface area contributed by atoms with Gasteiger partial charge in [-0.1, -0.05) is 12.1 Å². The molecule has 1 fully saturated rings. The van der Waals surface area contributed by atoms with E-state index in [0.717, 1.165) is 44.2 Å². The van der Waals surface area contributed by atoms with Gasteiger partial charge in [-0.3, -0.25) is 14.5 Å². The molecule has 7 nitrogen and oxygen atoms in total. The maximum absolute atomic E-state index is 12.1. The Morgan fingerprint density at radius 1 is 1.23 bits per heavy atom. The van der Waals surface area contributed by atoms with Crippen LogP contribution in [0.1, 0.15) is 12.5 Å². The molecule has 0 atom stereocenters. The van der Waals surface area contributed by atoms with Crippen molar-refractivity contribution in [1.82, 2.24) is 15.1 Å². The fourth-order valence-corrected chi connectivity index (χ4v) is 2.81. The zero-order valence-corrected chi connectivity index (χ0v) is 15.7. The topological polar surface area (TPSA) is 71.1 Å². The number of morpholine rings is 1. The van der Waals surface area contributed by atoms with Crippen molar-refractivity contribution in [3.05, 3.63) is 29.8 Å². The summed E-state index contributed by atoms with van der Waals surface area (Å²) in [5.41, 5.74) is 1.10. The second-order valence-electron chi connectivity index (χ2n) is 6.34. The minimum Gasteiger partial charge on any atom is -0.497 e. The molecule has 1 N–H and O–H groups in total. The number of nitrogens with zero attached hydrogens (tertiary/aromatic N) is 2. The van der Waals surface area contributed by atoms with E-state index in [4.69, 9.17) is 9.47 Å². The van der Waals surface area contributed by atoms with Crippen molar-refractivity contribution in [3.8, 4) is 5.75 Å². The van der Waals surface area contributed by atoms with Crippen molar-refractivity contribution in [1.29, 1.82) is 0 Å². The number of carbonyl (C=O) groups excluding carboxylic acids is 2. The zero-order chi connectivity index (χ0) is 18.8. The number of rotatable bonds is 9. The highest BCUT2D eigenvalue weighted by molar-refractivity contribution is 5.83. The van der Waals surface area contributed by atoms with Gasteiger partial charge in [-0.2, -0.15) is 0 Å². The van der Waals surface area contributed by atoms with Gasteiger partial charge in [0.05, 0.1) is 26.9 Å². The molecule has 1 aliphatic rings. The Hall–Kier alpha value is -2.12. The van der Waals surface area contributed by atoms with Crippen LogP contribution < -0.4 is 10.1 Å². The largest absolute Gasteiger partial charge is 0.497 e. The summed E-state index contributed by atoms with van der Waals surface area (Å²) < 4.78 is 10.4. The van der Waals surface area contributed by atoms with Crippen molar-refractivity contribution in [2.24, 2.45) is 0 Å². The summed E-state index contributed by atoms with van der Waals surface area (Å²) in [7, 11) is 1.63. The lowest BCUT2D eigenvalue weighted by molar-refractivity contribution is -0.134. The van der Waals surface area contributed by atoms with Crippen molar-refractivity contribution < 1.29 is 19.1 Å². The molecule has 0 radical (unpaired) electrons. The van der Waals surface area contributed by atoms with Gasteiger partial charge in [0.1, 0.15) is 5.75 Å². The van der Waals surface area contributed by atoms with E-state index >= 15 is 0 Å². The minimum absolute atomic E-state index is 0.0919. The fourth-order valence-electron chi connectivity index (χ4n) is 2.81. The number of hydrogen-bond donors (Lipinski definition) is 1. The molecule has 0 saturated carbocycles. The molecule has 1 aromatic carbocycles. The summed E-state index contributed by atoms with van der Waals surface area (Å²) in [5, 5.41) is 2.90. The van der Waals surface area contributed by atoms with Crippen LogP contribution in [0, 0.1) is 0 Å². The Morgan fingerprint density at radius 3 is 2.54 bits per heavy atom. The van der Waals surface area contributed by atoms with Crippen LogP contribution in [0.25, 0.3) is 0 Å². The van der Waals surface area contributed by atoms with E-state index < -0.39 is 0 Å². The van der Waals surface area contributed by atoms with Gasteiger partial charge in [0, 0.05) is 39.6 Å². The second kappa shape index (κ2) is 10.8. The highest BCUT2D eigenvalue weighted by atomic mass is 16.5.